The van der Waals surface area contributed by atoms with E-state index in [0.29, 0.717) is 12.2 Å². The molecule has 1 saturated heterocycles. The standard InChI is InChI=1S/C17H14N4O3/c22-16-3-2-14-13(11-5-7-18-8-6-11)9-15(16)20(14)17-4-1-12(10-19-17)21(23)24/h1-8,10,13-15H,9H2. The molecule has 2 bridgehead atoms. The fraction of sp³-hybridized carbons (Fsp3) is 0.235. The van der Waals surface area contributed by atoms with Crippen molar-refractivity contribution in [2.24, 2.45) is 0 Å². The molecular weight excluding hydrogens is 308 g/mol. The topological polar surface area (TPSA) is 89.2 Å². The van der Waals surface area contributed by atoms with E-state index < -0.39 is 4.92 Å². The van der Waals surface area contributed by atoms with E-state index in [1.807, 2.05) is 23.1 Å². The van der Waals surface area contributed by atoms with Crippen LogP contribution in [0.4, 0.5) is 11.5 Å². The molecule has 0 saturated carbocycles. The Bertz CT molecular complexity index is 819. The summed E-state index contributed by atoms with van der Waals surface area (Å²) in [6, 6.07) is 6.68. The van der Waals surface area contributed by atoms with Crippen molar-refractivity contribution in [1.29, 1.82) is 0 Å². The zero-order valence-corrected chi connectivity index (χ0v) is 12.6. The summed E-state index contributed by atoms with van der Waals surface area (Å²) in [7, 11) is 0. The van der Waals surface area contributed by atoms with Gasteiger partial charge in [-0.25, -0.2) is 4.98 Å². The lowest BCUT2D eigenvalue weighted by atomic mass is 9.92. The number of hydrogen-bond donors (Lipinski definition) is 0. The van der Waals surface area contributed by atoms with Gasteiger partial charge in [-0.2, -0.15) is 0 Å². The predicted octanol–water partition coefficient (Wildman–Crippen LogP) is 2.25. The molecule has 7 nitrogen and oxygen atoms in total. The largest absolute Gasteiger partial charge is 0.339 e. The van der Waals surface area contributed by atoms with E-state index in [0.717, 1.165) is 5.56 Å². The van der Waals surface area contributed by atoms with Crippen LogP contribution in [-0.2, 0) is 4.79 Å². The van der Waals surface area contributed by atoms with Crippen LogP contribution < -0.4 is 4.90 Å². The highest BCUT2D eigenvalue weighted by atomic mass is 16.6. The first-order chi connectivity index (χ1) is 11.6. The first kappa shape index (κ1) is 14.5. The van der Waals surface area contributed by atoms with E-state index >= 15 is 0 Å². The maximum Gasteiger partial charge on any atom is 0.287 e. The molecule has 0 amide bonds. The lowest BCUT2D eigenvalue weighted by Crippen LogP contribution is -2.43. The molecule has 2 aliphatic heterocycles. The number of anilines is 1. The molecule has 0 aliphatic carbocycles. The first-order valence-electron chi connectivity index (χ1n) is 7.66. The third-order valence-corrected chi connectivity index (χ3v) is 4.67. The molecule has 4 heterocycles. The number of fused-ring (bicyclic) bond motifs is 2. The third kappa shape index (κ3) is 2.25. The number of aromatic nitrogens is 2. The Morgan fingerprint density at radius 1 is 1.21 bits per heavy atom. The Kier molecular flexibility index (Phi) is 3.34. The molecule has 3 atom stereocenters. The second-order valence-electron chi connectivity index (χ2n) is 5.93. The lowest BCUT2D eigenvalue weighted by molar-refractivity contribution is -0.385. The summed E-state index contributed by atoms with van der Waals surface area (Å²) in [4.78, 5) is 32.9. The van der Waals surface area contributed by atoms with E-state index in [2.05, 4.69) is 9.97 Å². The van der Waals surface area contributed by atoms with Gasteiger partial charge in [0.2, 0.25) is 0 Å². The Morgan fingerprint density at radius 2 is 2.00 bits per heavy atom. The summed E-state index contributed by atoms with van der Waals surface area (Å²) < 4.78 is 0. The van der Waals surface area contributed by atoms with Crippen molar-refractivity contribution in [3.8, 4) is 0 Å². The SMILES string of the molecule is O=C1C=CC2C(c3ccncc3)CC1N2c1ccc([N+](=O)[O-])cn1. The number of carbonyl (C=O) groups excluding carboxylic acids is 1. The van der Waals surface area contributed by atoms with Gasteiger partial charge in [0.05, 0.1) is 17.0 Å². The molecule has 0 N–H and O–H groups in total. The van der Waals surface area contributed by atoms with Crippen LogP contribution in [0.5, 0.6) is 0 Å². The van der Waals surface area contributed by atoms with Gasteiger partial charge < -0.3 is 4.90 Å². The molecular formula is C17H14N4O3. The quantitative estimate of drug-likeness (QED) is 0.636. The van der Waals surface area contributed by atoms with E-state index in [-0.39, 0.29) is 29.5 Å². The van der Waals surface area contributed by atoms with Crippen molar-refractivity contribution in [2.75, 3.05) is 4.90 Å². The number of nitrogens with zero attached hydrogens (tertiary/aromatic N) is 4. The van der Waals surface area contributed by atoms with Gasteiger partial charge in [0, 0.05) is 24.4 Å². The summed E-state index contributed by atoms with van der Waals surface area (Å²) in [6.45, 7) is 0. The second-order valence-corrected chi connectivity index (χ2v) is 5.93. The number of carbonyl (C=O) groups is 1. The van der Waals surface area contributed by atoms with E-state index in [9.17, 15) is 14.9 Å². The summed E-state index contributed by atoms with van der Waals surface area (Å²) in [5.41, 5.74) is 1.07. The van der Waals surface area contributed by atoms with E-state index in [1.165, 1.54) is 12.3 Å². The van der Waals surface area contributed by atoms with Crippen LogP contribution in [0, 0.1) is 10.1 Å². The molecule has 3 unspecified atom stereocenters. The fourth-order valence-corrected chi connectivity index (χ4v) is 3.58. The van der Waals surface area contributed by atoms with Gasteiger partial charge in [-0.05, 0) is 36.3 Å². The minimum Gasteiger partial charge on any atom is -0.339 e. The third-order valence-electron chi connectivity index (χ3n) is 4.67. The number of nitro groups is 1. The van der Waals surface area contributed by atoms with Crippen molar-refractivity contribution in [2.45, 2.75) is 24.4 Å². The average Bonchev–Trinajstić information content (AvgIpc) is 2.91. The molecule has 7 heteroatoms. The lowest BCUT2D eigenvalue weighted by Gasteiger charge is -2.32. The molecule has 0 radical (unpaired) electrons. The maximum absolute atomic E-state index is 12.3. The molecule has 0 spiro atoms. The van der Waals surface area contributed by atoms with Gasteiger partial charge in [-0.3, -0.25) is 19.9 Å². The minimum absolute atomic E-state index is 0.00376. The zero-order chi connectivity index (χ0) is 16.7. The van der Waals surface area contributed by atoms with Crippen LogP contribution in [0.25, 0.3) is 0 Å². The summed E-state index contributed by atoms with van der Waals surface area (Å²) >= 11 is 0. The maximum atomic E-state index is 12.3. The molecule has 24 heavy (non-hydrogen) atoms. The van der Waals surface area contributed by atoms with Crippen molar-refractivity contribution < 1.29 is 9.72 Å². The van der Waals surface area contributed by atoms with Crippen molar-refractivity contribution in [3.05, 3.63) is 70.7 Å². The van der Waals surface area contributed by atoms with E-state index in [4.69, 9.17) is 0 Å². The highest BCUT2D eigenvalue weighted by Gasteiger charge is 2.46. The minimum atomic E-state index is -0.480. The summed E-state index contributed by atoms with van der Waals surface area (Å²) in [6.07, 6.45) is 8.96. The normalized spacial score (nSPS) is 25.1. The highest BCUT2D eigenvalue weighted by molar-refractivity contribution is 5.99. The van der Waals surface area contributed by atoms with E-state index in [1.54, 1.807) is 24.5 Å². The van der Waals surface area contributed by atoms with Crippen LogP contribution in [0.15, 0.2) is 55.0 Å². The molecule has 120 valence electrons. The summed E-state index contributed by atoms with van der Waals surface area (Å²) in [5.74, 6) is 0.797. The van der Waals surface area contributed by atoms with Gasteiger partial charge in [0.25, 0.3) is 5.69 Å². The highest BCUT2D eigenvalue weighted by Crippen LogP contribution is 2.43. The molecule has 2 aliphatic rings. The first-order valence-corrected chi connectivity index (χ1v) is 7.66. The Morgan fingerprint density at radius 3 is 2.67 bits per heavy atom. The van der Waals surface area contributed by atoms with Crippen LogP contribution in [-0.4, -0.2) is 32.8 Å². The molecule has 2 aromatic heterocycles. The number of pyridine rings is 2. The average molecular weight is 322 g/mol. The van der Waals surface area contributed by atoms with Crippen molar-refractivity contribution >= 4 is 17.3 Å². The summed E-state index contributed by atoms with van der Waals surface area (Å²) in [5, 5.41) is 10.8. The van der Waals surface area contributed by atoms with Crippen LogP contribution in [0.2, 0.25) is 0 Å². The van der Waals surface area contributed by atoms with Crippen LogP contribution >= 0.6 is 0 Å². The zero-order valence-electron chi connectivity index (χ0n) is 12.6. The fourth-order valence-electron chi connectivity index (χ4n) is 3.58. The van der Waals surface area contributed by atoms with Crippen LogP contribution in [0.3, 0.4) is 0 Å². The second kappa shape index (κ2) is 5.52. The Balaban J connectivity index is 1.71. The van der Waals surface area contributed by atoms with Gasteiger partial charge in [-0.1, -0.05) is 6.08 Å². The molecule has 4 rings (SSSR count). The van der Waals surface area contributed by atoms with Crippen LogP contribution in [0.1, 0.15) is 17.9 Å². The van der Waals surface area contributed by atoms with Crippen molar-refractivity contribution in [1.82, 2.24) is 9.97 Å². The van der Waals surface area contributed by atoms with Gasteiger partial charge in [-0.15, -0.1) is 0 Å². The van der Waals surface area contributed by atoms with Gasteiger partial charge in [0.15, 0.2) is 5.78 Å². The van der Waals surface area contributed by atoms with Gasteiger partial charge in [0.1, 0.15) is 12.0 Å². The number of hydrogen-bond acceptors (Lipinski definition) is 6. The monoisotopic (exact) mass is 322 g/mol. The van der Waals surface area contributed by atoms with Gasteiger partial charge >= 0.3 is 0 Å². The molecule has 1 fully saturated rings. The Labute approximate surface area is 137 Å². The Hall–Kier alpha value is -3.09. The smallest absolute Gasteiger partial charge is 0.287 e. The number of ketones is 1. The predicted molar refractivity (Wildman–Crippen MR) is 86.7 cm³/mol. The number of rotatable bonds is 3. The molecule has 0 aromatic carbocycles. The molecule has 2 aromatic rings. The van der Waals surface area contributed by atoms with Crippen molar-refractivity contribution in [3.63, 3.8) is 0 Å².